The van der Waals surface area contributed by atoms with E-state index in [2.05, 4.69) is 27.8 Å². The first-order chi connectivity index (χ1) is 12.2. The van der Waals surface area contributed by atoms with Crippen LogP contribution < -0.4 is 15.0 Å². The number of methoxy groups -OCH3 is 2. The monoisotopic (exact) mass is 337 g/mol. The minimum Gasteiger partial charge on any atom is -0.493 e. The molecule has 2 heterocycles. The lowest BCUT2D eigenvalue weighted by Crippen LogP contribution is -2.19. The average molecular weight is 337 g/mol. The zero-order chi connectivity index (χ0) is 17.4. The van der Waals surface area contributed by atoms with Crippen molar-refractivity contribution in [2.75, 3.05) is 14.2 Å². The minimum atomic E-state index is -0.114. The summed E-state index contributed by atoms with van der Waals surface area (Å²) in [5.41, 5.74) is 1.97. The van der Waals surface area contributed by atoms with Crippen LogP contribution >= 0.6 is 0 Å². The molecule has 0 bridgehead atoms. The number of ether oxygens (including phenoxy) is 2. The highest BCUT2D eigenvalue weighted by atomic mass is 16.5. The Morgan fingerprint density at radius 2 is 2.00 bits per heavy atom. The second kappa shape index (κ2) is 6.12. The number of fused-ring (bicyclic) bond motifs is 2. The molecule has 0 fully saturated rings. The number of benzene rings is 1. The van der Waals surface area contributed by atoms with Crippen molar-refractivity contribution >= 4 is 16.7 Å². The third kappa shape index (κ3) is 2.50. The van der Waals surface area contributed by atoms with Crippen molar-refractivity contribution in [3.63, 3.8) is 0 Å². The molecule has 0 atom stereocenters. The van der Waals surface area contributed by atoms with Gasteiger partial charge in [0.2, 0.25) is 5.78 Å². The van der Waals surface area contributed by atoms with Gasteiger partial charge in [-0.2, -0.15) is 0 Å². The molecular formula is C19H19N3O3. The molecule has 0 unspecified atom stereocenters. The maximum absolute atomic E-state index is 12.8. The molecule has 6 heteroatoms. The lowest BCUT2D eigenvalue weighted by molar-refractivity contribution is 0.355. The van der Waals surface area contributed by atoms with Gasteiger partial charge < -0.3 is 14.0 Å². The van der Waals surface area contributed by atoms with Crippen LogP contribution in [0.4, 0.5) is 0 Å². The lowest BCUT2D eigenvalue weighted by atomic mass is 10.0. The van der Waals surface area contributed by atoms with Crippen molar-refractivity contribution in [3.8, 4) is 11.5 Å². The molecule has 0 spiro atoms. The Balaban J connectivity index is 2.04. The molecule has 0 N–H and O–H groups in total. The lowest BCUT2D eigenvalue weighted by Gasteiger charge is -2.17. The van der Waals surface area contributed by atoms with Crippen molar-refractivity contribution < 1.29 is 9.47 Å². The second-order valence-corrected chi connectivity index (χ2v) is 6.00. The first-order valence-electron chi connectivity index (χ1n) is 8.19. The van der Waals surface area contributed by atoms with E-state index in [4.69, 9.17) is 9.47 Å². The molecule has 0 amide bonds. The number of imidazole rings is 1. The van der Waals surface area contributed by atoms with Gasteiger partial charge in [-0.25, -0.2) is 4.98 Å². The topological polar surface area (TPSA) is 57.8 Å². The smallest absolute Gasteiger partial charge is 0.267 e. The van der Waals surface area contributed by atoms with Gasteiger partial charge in [0, 0.05) is 25.0 Å². The molecule has 0 saturated carbocycles. The molecule has 25 heavy (non-hydrogen) atoms. The molecule has 128 valence electrons. The first-order valence-corrected chi connectivity index (χ1v) is 8.19. The molecule has 1 aromatic carbocycles. The first kappa shape index (κ1) is 15.5. The SMILES string of the molecule is COc1cc2c(=O)n3ccnc3n(CC3=CC=CCC3)c2cc1OC. The highest BCUT2D eigenvalue weighted by Gasteiger charge is 2.16. The number of rotatable bonds is 4. The van der Waals surface area contributed by atoms with E-state index >= 15 is 0 Å². The summed E-state index contributed by atoms with van der Waals surface area (Å²) in [5, 5.41) is 0.579. The third-order valence-corrected chi connectivity index (χ3v) is 4.57. The van der Waals surface area contributed by atoms with Gasteiger partial charge in [0.1, 0.15) is 0 Å². The molecule has 1 aliphatic rings. The Kier molecular flexibility index (Phi) is 3.80. The van der Waals surface area contributed by atoms with Crippen LogP contribution in [0.1, 0.15) is 12.8 Å². The molecular weight excluding hydrogens is 318 g/mol. The Morgan fingerprint density at radius 3 is 2.72 bits per heavy atom. The highest BCUT2D eigenvalue weighted by Crippen LogP contribution is 2.32. The maximum Gasteiger partial charge on any atom is 0.267 e. The molecule has 0 radical (unpaired) electrons. The largest absolute Gasteiger partial charge is 0.493 e. The number of allylic oxidation sites excluding steroid dienone is 4. The standard InChI is InChI=1S/C19H19N3O3/c1-24-16-10-14-15(11-17(16)25-2)22(12-13-6-4-3-5-7-13)19-20-8-9-21(19)18(14)23/h3-4,6,8-11H,5,7,12H2,1-2H3. The second-order valence-electron chi connectivity index (χ2n) is 6.00. The summed E-state index contributed by atoms with van der Waals surface area (Å²) in [7, 11) is 3.16. The van der Waals surface area contributed by atoms with Gasteiger partial charge >= 0.3 is 0 Å². The fourth-order valence-electron chi connectivity index (χ4n) is 3.30. The third-order valence-electron chi connectivity index (χ3n) is 4.57. The van der Waals surface area contributed by atoms with Crippen molar-refractivity contribution in [1.82, 2.24) is 14.0 Å². The van der Waals surface area contributed by atoms with E-state index in [0.29, 0.717) is 29.2 Å². The van der Waals surface area contributed by atoms with Crippen molar-refractivity contribution in [1.29, 1.82) is 0 Å². The Morgan fingerprint density at radius 1 is 1.20 bits per heavy atom. The van der Waals surface area contributed by atoms with Crippen LogP contribution in [-0.2, 0) is 6.54 Å². The van der Waals surface area contributed by atoms with Crippen molar-refractivity contribution in [3.05, 3.63) is 58.7 Å². The van der Waals surface area contributed by atoms with Gasteiger partial charge in [0.15, 0.2) is 11.5 Å². The summed E-state index contributed by atoms with van der Waals surface area (Å²) in [4.78, 5) is 17.3. The van der Waals surface area contributed by atoms with Gasteiger partial charge in [-0.3, -0.25) is 9.20 Å². The van der Waals surface area contributed by atoms with Gasteiger partial charge in [0.05, 0.1) is 25.1 Å². The number of aromatic nitrogens is 3. The van der Waals surface area contributed by atoms with E-state index in [1.165, 1.54) is 5.57 Å². The molecule has 2 aromatic heterocycles. The summed E-state index contributed by atoms with van der Waals surface area (Å²) >= 11 is 0. The van der Waals surface area contributed by atoms with E-state index in [0.717, 1.165) is 18.4 Å². The van der Waals surface area contributed by atoms with Crippen LogP contribution in [-0.4, -0.2) is 28.2 Å². The van der Waals surface area contributed by atoms with E-state index in [1.54, 1.807) is 37.1 Å². The zero-order valence-electron chi connectivity index (χ0n) is 14.2. The molecule has 0 aliphatic heterocycles. The van der Waals surface area contributed by atoms with Crippen LogP contribution in [0.15, 0.2) is 53.1 Å². The van der Waals surface area contributed by atoms with Crippen molar-refractivity contribution in [2.45, 2.75) is 19.4 Å². The van der Waals surface area contributed by atoms with Crippen LogP contribution in [0, 0.1) is 0 Å². The molecule has 0 saturated heterocycles. The minimum absolute atomic E-state index is 0.114. The fourth-order valence-corrected chi connectivity index (χ4v) is 3.30. The number of nitrogens with zero attached hydrogens (tertiary/aromatic N) is 3. The van der Waals surface area contributed by atoms with Gasteiger partial charge in [-0.15, -0.1) is 0 Å². The quantitative estimate of drug-likeness (QED) is 0.734. The Hall–Kier alpha value is -3.02. The average Bonchev–Trinajstić information content (AvgIpc) is 3.15. The molecule has 3 aromatic rings. The van der Waals surface area contributed by atoms with E-state index in [9.17, 15) is 4.79 Å². The van der Waals surface area contributed by atoms with Crippen LogP contribution in [0.5, 0.6) is 11.5 Å². The predicted octanol–water partition coefficient (Wildman–Crippen LogP) is 2.94. The van der Waals surface area contributed by atoms with E-state index in [1.807, 2.05) is 6.07 Å². The van der Waals surface area contributed by atoms with Crippen molar-refractivity contribution in [2.24, 2.45) is 0 Å². The zero-order valence-corrected chi connectivity index (χ0v) is 14.2. The fraction of sp³-hybridized carbons (Fsp3) is 0.263. The van der Waals surface area contributed by atoms with E-state index in [-0.39, 0.29) is 5.56 Å². The molecule has 4 rings (SSSR count). The summed E-state index contributed by atoms with van der Waals surface area (Å²) in [5.74, 6) is 1.76. The number of hydrogen-bond acceptors (Lipinski definition) is 4. The van der Waals surface area contributed by atoms with Crippen LogP contribution in [0.3, 0.4) is 0 Å². The van der Waals surface area contributed by atoms with Crippen LogP contribution in [0.2, 0.25) is 0 Å². The highest BCUT2D eigenvalue weighted by molar-refractivity contribution is 5.84. The maximum atomic E-state index is 12.8. The van der Waals surface area contributed by atoms with Crippen LogP contribution in [0.25, 0.3) is 16.7 Å². The summed E-state index contributed by atoms with van der Waals surface area (Å²) < 4.78 is 14.4. The normalized spacial score (nSPS) is 14.1. The Labute approximate surface area is 144 Å². The van der Waals surface area contributed by atoms with Gasteiger partial charge in [-0.05, 0) is 18.9 Å². The summed E-state index contributed by atoms with van der Waals surface area (Å²) in [6.45, 7) is 0.678. The molecule has 1 aliphatic carbocycles. The van der Waals surface area contributed by atoms with Gasteiger partial charge in [-0.1, -0.05) is 23.8 Å². The predicted molar refractivity (Wildman–Crippen MR) is 96.5 cm³/mol. The summed E-state index contributed by atoms with van der Waals surface area (Å²) in [6, 6.07) is 3.59. The summed E-state index contributed by atoms with van der Waals surface area (Å²) in [6.07, 6.45) is 11.8. The molecule has 6 nitrogen and oxygen atoms in total. The van der Waals surface area contributed by atoms with Gasteiger partial charge in [0.25, 0.3) is 5.56 Å². The Bertz CT molecular complexity index is 1070. The van der Waals surface area contributed by atoms with E-state index < -0.39 is 0 Å². The number of hydrogen-bond donors (Lipinski definition) is 0.